The SMILES string of the molecule is CCNc1nc(C)cc(NCCNS(=O)(=O)Cc2cc(F)cc(F)c2)n1. The minimum absolute atomic E-state index is 0.0460. The summed E-state index contributed by atoms with van der Waals surface area (Å²) in [5, 5.41) is 6.01. The highest BCUT2D eigenvalue weighted by molar-refractivity contribution is 7.88. The van der Waals surface area contributed by atoms with Crippen LogP contribution in [-0.4, -0.2) is 38.0 Å². The highest BCUT2D eigenvalue weighted by Crippen LogP contribution is 2.11. The molecule has 1 aromatic carbocycles. The summed E-state index contributed by atoms with van der Waals surface area (Å²) < 4.78 is 52.7. The number of benzene rings is 1. The molecule has 0 aliphatic carbocycles. The number of sulfonamides is 1. The van der Waals surface area contributed by atoms with Crippen molar-refractivity contribution in [2.24, 2.45) is 0 Å². The van der Waals surface area contributed by atoms with Gasteiger partial charge in [0.1, 0.15) is 17.5 Å². The Kier molecular flexibility index (Phi) is 6.81. The molecular weight excluding hydrogens is 364 g/mol. The van der Waals surface area contributed by atoms with E-state index in [1.165, 1.54) is 0 Å². The van der Waals surface area contributed by atoms with E-state index in [9.17, 15) is 17.2 Å². The van der Waals surface area contributed by atoms with Gasteiger partial charge in [-0.3, -0.25) is 0 Å². The van der Waals surface area contributed by atoms with Gasteiger partial charge in [0.25, 0.3) is 0 Å². The van der Waals surface area contributed by atoms with Gasteiger partial charge in [-0.1, -0.05) is 0 Å². The van der Waals surface area contributed by atoms with Crippen LogP contribution in [0.1, 0.15) is 18.2 Å². The molecule has 0 unspecified atom stereocenters. The zero-order valence-corrected chi connectivity index (χ0v) is 15.3. The highest BCUT2D eigenvalue weighted by atomic mass is 32.2. The summed E-state index contributed by atoms with van der Waals surface area (Å²) in [4.78, 5) is 8.47. The van der Waals surface area contributed by atoms with Crippen LogP contribution in [0, 0.1) is 18.6 Å². The molecule has 0 atom stereocenters. The minimum atomic E-state index is -3.72. The van der Waals surface area contributed by atoms with Crippen molar-refractivity contribution in [1.82, 2.24) is 14.7 Å². The lowest BCUT2D eigenvalue weighted by atomic mass is 10.2. The first-order valence-electron chi connectivity index (χ1n) is 8.03. The summed E-state index contributed by atoms with van der Waals surface area (Å²) in [7, 11) is -3.72. The van der Waals surface area contributed by atoms with Gasteiger partial charge < -0.3 is 10.6 Å². The van der Waals surface area contributed by atoms with Crippen LogP contribution in [0.5, 0.6) is 0 Å². The van der Waals surface area contributed by atoms with Gasteiger partial charge in [0, 0.05) is 37.5 Å². The number of hydrogen-bond acceptors (Lipinski definition) is 6. The molecule has 10 heteroatoms. The first-order valence-corrected chi connectivity index (χ1v) is 9.68. The molecular formula is C16H21F2N5O2S. The highest BCUT2D eigenvalue weighted by Gasteiger charge is 2.12. The molecule has 0 fully saturated rings. The van der Waals surface area contributed by atoms with E-state index in [4.69, 9.17) is 0 Å². The van der Waals surface area contributed by atoms with Gasteiger partial charge in [0.05, 0.1) is 5.75 Å². The minimum Gasteiger partial charge on any atom is -0.369 e. The first kappa shape index (κ1) is 20.0. The maximum atomic E-state index is 13.1. The van der Waals surface area contributed by atoms with Crippen molar-refractivity contribution in [2.45, 2.75) is 19.6 Å². The standard InChI is InChI=1S/C16H21F2N5O2S/c1-3-19-16-22-11(2)6-15(23-16)20-4-5-21-26(24,25)10-12-7-13(17)9-14(18)8-12/h6-9,21H,3-5,10H2,1-2H3,(H2,19,20,22,23). The molecule has 1 aromatic heterocycles. The predicted molar refractivity (Wildman–Crippen MR) is 96.4 cm³/mol. The summed E-state index contributed by atoms with van der Waals surface area (Å²) in [6.45, 7) is 4.83. The van der Waals surface area contributed by atoms with E-state index in [1.54, 1.807) is 6.07 Å². The maximum absolute atomic E-state index is 13.1. The third kappa shape index (κ3) is 6.52. The zero-order chi connectivity index (χ0) is 19.2. The van der Waals surface area contributed by atoms with Crippen molar-refractivity contribution in [2.75, 3.05) is 30.3 Å². The van der Waals surface area contributed by atoms with Crippen LogP contribution in [-0.2, 0) is 15.8 Å². The Morgan fingerprint density at radius 3 is 2.35 bits per heavy atom. The fourth-order valence-corrected chi connectivity index (χ4v) is 3.38. The van der Waals surface area contributed by atoms with Crippen LogP contribution in [0.4, 0.5) is 20.5 Å². The smallest absolute Gasteiger partial charge is 0.224 e. The molecule has 142 valence electrons. The molecule has 2 rings (SSSR count). The average molecular weight is 385 g/mol. The average Bonchev–Trinajstić information content (AvgIpc) is 2.50. The second kappa shape index (κ2) is 8.86. The normalized spacial score (nSPS) is 11.4. The predicted octanol–water partition coefficient (Wildman–Crippen LogP) is 2.03. The summed E-state index contributed by atoms with van der Waals surface area (Å²) >= 11 is 0. The molecule has 0 aliphatic heterocycles. The molecule has 0 spiro atoms. The van der Waals surface area contributed by atoms with Gasteiger partial charge in [-0.05, 0) is 31.5 Å². The number of aromatic nitrogens is 2. The molecule has 0 aliphatic rings. The monoisotopic (exact) mass is 385 g/mol. The summed E-state index contributed by atoms with van der Waals surface area (Å²) in [6, 6.07) is 4.42. The third-order valence-corrected chi connectivity index (χ3v) is 4.58. The molecule has 0 saturated heterocycles. The number of anilines is 2. The van der Waals surface area contributed by atoms with Crippen LogP contribution in [0.3, 0.4) is 0 Å². The second-order valence-corrected chi connectivity index (χ2v) is 7.41. The van der Waals surface area contributed by atoms with Crippen molar-refractivity contribution in [3.05, 3.63) is 47.2 Å². The molecule has 2 aromatic rings. The third-order valence-electron chi connectivity index (χ3n) is 3.22. The van der Waals surface area contributed by atoms with Gasteiger partial charge in [0.2, 0.25) is 16.0 Å². The number of rotatable bonds is 9. The molecule has 0 amide bonds. The summed E-state index contributed by atoms with van der Waals surface area (Å²) in [5.74, 6) is -1.07. The Balaban J connectivity index is 1.86. The van der Waals surface area contributed by atoms with Crippen LogP contribution < -0.4 is 15.4 Å². The van der Waals surface area contributed by atoms with Gasteiger partial charge in [-0.15, -0.1) is 0 Å². The van der Waals surface area contributed by atoms with Crippen LogP contribution in [0.15, 0.2) is 24.3 Å². The van der Waals surface area contributed by atoms with Gasteiger partial charge in [-0.2, -0.15) is 4.98 Å². The molecule has 0 bridgehead atoms. The number of nitrogens with one attached hydrogen (secondary N) is 3. The Bertz CT molecular complexity index is 841. The fourth-order valence-electron chi connectivity index (χ4n) is 2.26. The summed E-state index contributed by atoms with van der Waals surface area (Å²) in [5.41, 5.74) is 0.817. The van der Waals surface area contributed by atoms with E-state index in [2.05, 4.69) is 25.3 Å². The van der Waals surface area contributed by atoms with Crippen LogP contribution in [0.25, 0.3) is 0 Å². The van der Waals surface area contributed by atoms with Gasteiger partial charge >= 0.3 is 0 Å². The first-order chi connectivity index (χ1) is 12.3. The molecule has 0 saturated carbocycles. The fraction of sp³-hybridized carbons (Fsp3) is 0.375. The van der Waals surface area contributed by atoms with Crippen molar-refractivity contribution in [3.8, 4) is 0 Å². The number of hydrogen-bond donors (Lipinski definition) is 3. The Morgan fingerprint density at radius 2 is 1.69 bits per heavy atom. The largest absolute Gasteiger partial charge is 0.369 e. The Labute approximate surface area is 151 Å². The lowest BCUT2D eigenvalue weighted by molar-refractivity contribution is 0.575. The second-order valence-electron chi connectivity index (χ2n) is 5.61. The molecule has 0 radical (unpaired) electrons. The topological polar surface area (TPSA) is 96.0 Å². The van der Waals surface area contributed by atoms with Crippen molar-refractivity contribution < 1.29 is 17.2 Å². The van der Waals surface area contributed by atoms with Gasteiger partial charge in [-0.25, -0.2) is 26.9 Å². The van der Waals surface area contributed by atoms with Crippen LogP contribution in [0.2, 0.25) is 0 Å². The Morgan fingerprint density at radius 1 is 1.00 bits per heavy atom. The van der Waals surface area contributed by atoms with E-state index in [0.29, 0.717) is 30.9 Å². The van der Waals surface area contributed by atoms with E-state index in [-0.39, 0.29) is 12.1 Å². The summed E-state index contributed by atoms with van der Waals surface area (Å²) in [6.07, 6.45) is 0. The lowest BCUT2D eigenvalue weighted by Gasteiger charge is -2.10. The van der Waals surface area contributed by atoms with Gasteiger partial charge in [0.15, 0.2) is 0 Å². The number of aryl methyl sites for hydroxylation is 1. The molecule has 26 heavy (non-hydrogen) atoms. The van der Waals surface area contributed by atoms with Crippen molar-refractivity contribution in [3.63, 3.8) is 0 Å². The van der Waals surface area contributed by atoms with E-state index >= 15 is 0 Å². The van der Waals surface area contributed by atoms with E-state index < -0.39 is 27.4 Å². The number of nitrogens with zero attached hydrogens (tertiary/aromatic N) is 2. The quantitative estimate of drug-likeness (QED) is 0.572. The zero-order valence-electron chi connectivity index (χ0n) is 14.5. The van der Waals surface area contributed by atoms with Crippen LogP contribution >= 0.6 is 0 Å². The Hall–Kier alpha value is -2.33. The van der Waals surface area contributed by atoms with Crippen molar-refractivity contribution in [1.29, 1.82) is 0 Å². The molecule has 7 nitrogen and oxygen atoms in total. The van der Waals surface area contributed by atoms with Crippen molar-refractivity contribution >= 4 is 21.8 Å². The van der Waals surface area contributed by atoms with E-state index in [0.717, 1.165) is 17.8 Å². The maximum Gasteiger partial charge on any atom is 0.224 e. The molecule has 3 N–H and O–H groups in total. The molecule has 1 heterocycles. The lowest BCUT2D eigenvalue weighted by Crippen LogP contribution is -2.30. The van der Waals surface area contributed by atoms with E-state index in [1.807, 2.05) is 13.8 Å². The number of halogens is 2.